The molecular formula is C25H31FN2O3. The monoisotopic (exact) mass is 426 g/mol. The second-order valence-electron chi connectivity index (χ2n) is 8.97. The van der Waals surface area contributed by atoms with Crippen molar-refractivity contribution in [3.05, 3.63) is 59.4 Å². The van der Waals surface area contributed by atoms with Crippen LogP contribution in [-0.4, -0.2) is 30.6 Å². The lowest BCUT2D eigenvalue weighted by atomic mass is 9.93. The van der Waals surface area contributed by atoms with Crippen LogP contribution in [0.5, 0.6) is 0 Å². The third-order valence-electron chi connectivity index (χ3n) is 5.38. The Bertz CT molecular complexity index is 935. The van der Waals surface area contributed by atoms with Gasteiger partial charge < -0.3 is 15.0 Å². The van der Waals surface area contributed by atoms with E-state index in [4.69, 9.17) is 4.74 Å². The van der Waals surface area contributed by atoms with Crippen LogP contribution in [-0.2, 0) is 20.7 Å². The molecule has 2 amide bonds. The number of hydrogen-bond donors (Lipinski definition) is 1. The van der Waals surface area contributed by atoms with Gasteiger partial charge in [-0.3, -0.25) is 9.59 Å². The van der Waals surface area contributed by atoms with Gasteiger partial charge in [0.1, 0.15) is 5.82 Å². The van der Waals surface area contributed by atoms with Crippen LogP contribution < -0.4 is 10.2 Å². The fraction of sp³-hybridized carbons (Fsp3) is 0.440. The molecule has 0 radical (unpaired) electrons. The molecule has 0 fully saturated rings. The molecule has 0 aliphatic carbocycles. The second kappa shape index (κ2) is 9.60. The van der Waals surface area contributed by atoms with Gasteiger partial charge in [0, 0.05) is 17.9 Å². The Morgan fingerprint density at radius 1 is 1.16 bits per heavy atom. The van der Waals surface area contributed by atoms with E-state index in [1.54, 1.807) is 12.1 Å². The zero-order valence-corrected chi connectivity index (χ0v) is 18.7. The molecule has 1 aliphatic rings. The number of carbonyl (C=O) groups excluding carboxylic acids is 2. The summed E-state index contributed by atoms with van der Waals surface area (Å²) in [7, 11) is 0. The summed E-state index contributed by atoms with van der Waals surface area (Å²) in [5.74, 6) is -0.818. The zero-order valence-electron chi connectivity index (χ0n) is 18.7. The molecule has 0 bridgehead atoms. The van der Waals surface area contributed by atoms with Crippen molar-refractivity contribution in [1.82, 2.24) is 0 Å². The van der Waals surface area contributed by atoms with Crippen LogP contribution in [0.2, 0.25) is 0 Å². The summed E-state index contributed by atoms with van der Waals surface area (Å²) < 4.78 is 18.8. The third-order valence-corrected chi connectivity index (χ3v) is 5.38. The molecule has 3 rings (SSSR count). The first-order chi connectivity index (χ1) is 14.6. The van der Waals surface area contributed by atoms with Gasteiger partial charge in [-0.25, -0.2) is 4.39 Å². The van der Waals surface area contributed by atoms with Crippen LogP contribution in [0.25, 0.3) is 0 Å². The lowest BCUT2D eigenvalue weighted by molar-refractivity contribution is -0.121. The van der Waals surface area contributed by atoms with Crippen LogP contribution in [0.1, 0.15) is 57.6 Å². The number of rotatable bonds is 6. The summed E-state index contributed by atoms with van der Waals surface area (Å²) in [5.41, 5.74) is 3.19. The van der Waals surface area contributed by atoms with Crippen molar-refractivity contribution >= 4 is 23.2 Å². The molecule has 0 unspecified atom stereocenters. The van der Waals surface area contributed by atoms with Crippen molar-refractivity contribution in [2.45, 2.75) is 58.5 Å². The first kappa shape index (κ1) is 22.9. The molecule has 0 saturated heterocycles. The quantitative estimate of drug-likeness (QED) is 0.703. The predicted octanol–water partition coefficient (Wildman–Crippen LogP) is 5.05. The molecule has 1 N–H and O–H groups in total. The van der Waals surface area contributed by atoms with Crippen molar-refractivity contribution in [3.63, 3.8) is 0 Å². The highest BCUT2D eigenvalue weighted by molar-refractivity contribution is 5.97. The summed E-state index contributed by atoms with van der Waals surface area (Å²) in [6.45, 7) is 8.86. The first-order valence-corrected chi connectivity index (χ1v) is 10.8. The van der Waals surface area contributed by atoms with E-state index in [1.807, 2.05) is 50.8 Å². The molecule has 31 heavy (non-hydrogen) atoms. The predicted molar refractivity (Wildman–Crippen MR) is 121 cm³/mol. The number of halogens is 1. The minimum absolute atomic E-state index is 0.0556. The van der Waals surface area contributed by atoms with E-state index in [1.165, 1.54) is 12.1 Å². The molecule has 0 aromatic heterocycles. The van der Waals surface area contributed by atoms with Crippen LogP contribution in [0, 0.1) is 5.82 Å². The second-order valence-corrected chi connectivity index (χ2v) is 8.97. The summed E-state index contributed by atoms with van der Waals surface area (Å²) in [6.07, 6.45) is 2.10. The third kappa shape index (κ3) is 6.14. The van der Waals surface area contributed by atoms with E-state index in [-0.39, 0.29) is 29.2 Å². The van der Waals surface area contributed by atoms with Gasteiger partial charge in [0.2, 0.25) is 11.8 Å². The highest BCUT2D eigenvalue weighted by Crippen LogP contribution is 2.31. The first-order valence-electron chi connectivity index (χ1n) is 10.8. The molecule has 0 spiro atoms. The maximum atomic E-state index is 13.1. The summed E-state index contributed by atoms with van der Waals surface area (Å²) >= 11 is 0. The average molecular weight is 427 g/mol. The van der Waals surface area contributed by atoms with Gasteiger partial charge in [-0.15, -0.1) is 0 Å². The highest BCUT2D eigenvalue weighted by Gasteiger charge is 2.25. The summed E-state index contributed by atoms with van der Waals surface area (Å²) in [5, 5.41) is 2.83. The highest BCUT2D eigenvalue weighted by atomic mass is 19.1. The van der Waals surface area contributed by atoms with E-state index in [0.717, 1.165) is 29.7 Å². The zero-order chi connectivity index (χ0) is 22.6. The maximum Gasteiger partial charge on any atom is 0.231 e. The van der Waals surface area contributed by atoms with Gasteiger partial charge in [-0.05, 0) is 82.0 Å². The molecule has 2 aromatic rings. The van der Waals surface area contributed by atoms with Crippen molar-refractivity contribution in [3.8, 4) is 0 Å². The number of fused-ring (bicyclic) bond motifs is 1. The van der Waals surface area contributed by atoms with Crippen LogP contribution in [0.15, 0.2) is 42.5 Å². The van der Waals surface area contributed by atoms with Crippen molar-refractivity contribution in [2.24, 2.45) is 0 Å². The lowest BCUT2D eigenvalue weighted by Crippen LogP contribution is -2.36. The molecule has 166 valence electrons. The number of benzene rings is 2. The molecule has 6 heteroatoms. The number of nitrogens with one attached hydrogen (secondary N) is 1. The maximum absolute atomic E-state index is 13.1. The van der Waals surface area contributed by atoms with Gasteiger partial charge in [0.25, 0.3) is 0 Å². The van der Waals surface area contributed by atoms with Gasteiger partial charge in [-0.2, -0.15) is 0 Å². The Morgan fingerprint density at radius 2 is 1.87 bits per heavy atom. The van der Waals surface area contributed by atoms with E-state index in [0.29, 0.717) is 25.3 Å². The van der Waals surface area contributed by atoms with E-state index in [2.05, 4.69) is 5.32 Å². The van der Waals surface area contributed by atoms with Gasteiger partial charge in [0.05, 0.1) is 24.5 Å². The fourth-order valence-corrected chi connectivity index (χ4v) is 3.66. The minimum atomic E-state index is -0.374. The number of ether oxygens (including phenoxy) is 1. The Morgan fingerprint density at radius 3 is 2.55 bits per heavy atom. The molecule has 2 aromatic carbocycles. The Labute approximate surface area is 183 Å². The SMILES string of the molecule is C[C@H](C(=O)Nc1ccc(F)cc1)c1ccc2c(c1)CCCN2C(=O)CCOC(C)(C)C. The largest absolute Gasteiger partial charge is 0.375 e. The van der Waals surface area contributed by atoms with Crippen LogP contribution in [0.4, 0.5) is 15.8 Å². The number of carbonyl (C=O) groups is 2. The average Bonchev–Trinajstić information content (AvgIpc) is 2.73. The molecule has 1 aliphatic heterocycles. The topological polar surface area (TPSA) is 58.6 Å². The fourth-order valence-electron chi connectivity index (χ4n) is 3.66. The number of hydrogen-bond acceptors (Lipinski definition) is 3. The number of anilines is 2. The van der Waals surface area contributed by atoms with E-state index in [9.17, 15) is 14.0 Å². The molecule has 5 nitrogen and oxygen atoms in total. The van der Waals surface area contributed by atoms with Crippen LogP contribution in [0.3, 0.4) is 0 Å². The summed E-state index contributed by atoms with van der Waals surface area (Å²) in [4.78, 5) is 27.2. The van der Waals surface area contributed by atoms with E-state index < -0.39 is 0 Å². The summed E-state index contributed by atoms with van der Waals surface area (Å²) in [6, 6.07) is 11.6. The molecule has 1 heterocycles. The van der Waals surface area contributed by atoms with E-state index >= 15 is 0 Å². The Kier molecular flexibility index (Phi) is 7.11. The van der Waals surface area contributed by atoms with Gasteiger partial charge in [-0.1, -0.05) is 12.1 Å². The Balaban J connectivity index is 1.68. The smallest absolute Gasteiger partial charge is 0.231 e. The van der Waals surface area contributed by atoms with Crippen LogP contribution >= 0.6 is 0 Å². The van der Waals surface area contributed by atoms with Crippen molar-refractivity contribution in [2.75, 3.05) is 23.4 Å². The van der Waals surface area contributed by atoms with Gasteiger partial charge >= 0.3 is 0 Å². The normalized spacial score (nSPS) is 14.7. The standard InChI is InChI=1S/C25H31FN2O3/c1-17(24(30)27-21-10-8-20(26)9-11-21)18-7-12-22-19(16-18)6-5-14-28(22)23(29)13-15-31-25(2,3)4/h7-12,16-17H,5-6,13-15H2,1-4H3,(H,27,30)/t17-/m0/s1. The van der Waals surface area contributed by atoms with Crippen molar-refractivity contribution in [1.29, 1.82) is 0 Å². The number of aryl methyl sites for hydroxylation is 1. The van der Waals surface area contributed by atoms with Crippen molar-refractivity contribution < 1.29 is 18.7 Å². The molecule has 0 saturated carbocycles. The lowest BCUT2D eigenvalue weighted by Gasteiger charge is -2.31. The number of amides is 2. The molecule has 1 atom stereocenters. The number of nitrogens with zero attached hydrogens (tertiary/aromatic N) is 1. The Hall–Kier alpha value is -2.73. The van der Waals surface area contributed by atoms with Gasteiger partial charge in [0.15, 0.2) is 0 Å². The molecular weight excluding hydrogens is 395 g/mol. The minimum Gasteiger partial charge on any atom is -0.375 e.